The number of aromatic nitrogens is 2. The molecule has 96 valence electrons. The molecule has 1 aromatic heterocycles. The second-order valence-corrected chi connectivity index (χ2v) is 3.56. The maximum atomic E-state index is 11.8. The molecule has 1 aromatic rings. The molecule has 1 heterocycles. The largest absolute Gasteiger partial charge is 0.401 e. The Labute approximate surface area is 96.8 Å². The molecule has 1 rings (SSSR count). The van der Waals surface area contributed by atoms with Gasteiger partial charge in [-0.05, 0) is 6.92 Å². The van der Waals surface area contributed by atoms with Crippen LogP contribution < -0.4 is 5.32 Å². The molecular weight excluding hydrogens is 235 g/mol. The van der Waals surface area contributed by atoms with Crippen molar-refractivity contribution in [1.29, 1.82) is 0 Å². The number of ketones is 1. The molecule has 0 aliphatic carbocycles. The van der Waals surface area contributed by atoms with Crippen LogP contribution in [0.5, 0.6) is 0 Å². The number of halogens is 3. The molecule has 0 fully saturated rings. The van der Waals surface area contributed by atoms with E-state index in [1.54, 1.807) is 17.0 Å². The fourth-order valence-corrected chi connectivity index (χ4v) is 1.38. The number of imidazole rings is 1. The van der Waals surface area contributed by atoms with Gasteiger partial charge in [-0.2, -0.15) is 13.2 Å². The summed E-state index contributed by atoms with van der Waals surface area (Å²) in [6.07, 6.45) is -0.950. The van der Waals surface area contributed by atoms with E-state index in [1.807, 2.05) is 6.92 Å². The molecule has 1 N–H and O–H groups in total. The predicted molar refractivity (Wildman–Crippen MR) is 55.5 cm³/mol. The monoisotopic (exact) mass is 249 g/mol. The van der Waals surface area contributed by atoms with Gasteiger partial charge in [0.05, 0.1) is 19.5 Å². The van der Waals surface area contributed by atoms with Crippen molar-refractivity contribution in [1.82, 2.24) is 14.9 Å². The van der Waals surface area contributed by atoms with Crippen LogP contribution in [0, 0.1) is 0 Å². The van der Waals surface area contributed by atoms with Gasteiger partial charge < -0.3 is 9.88 Å². The van der Waals surface area contributed by atoms with Crippen molar-refractivity contribution in [2.45, 2.75) is 26.1 Å². The fraction of sp³-hybridized carbons (Fsp3) is 0.600. The Morgan fingerprint density at radius 2 is 2.24 bits per heavy atom. The van der Waals surface area contributed by atoms with Crippen LogP contribution in [0.3, 0.4) is 0 Å². The number of aryl methyl sites for hydroxylation is 1. The second kappa shape index (κ2) is 5.81. The standard InChI is InChI=1S/C10H14F3N3O/c1-2-16-4-3-15-9(16)5-8(17)6-14-7-10(11,12)13/h3-4,14H,2,5-7H2,1H3. The number of carbonyl (C=O) groups is 1. The number of hydrogen-bond acceptors (Lipinski definition) is 3. The average molecular weight is 249 g/mol. The van der Waals surface area contributed by atoms with Crippen LogP contribution in [0.2, 0.25) is 0 Å². The Hall–Kier alpha value is -1.37. The highest BCUT2D eigenvalue weighted by Crippen LogP contribution is 2.11. The van der Waals surface area contributed by atoms with E-state index < -0.39 is 12.7 Å². The first-order chi connectivity index (χ1) is 7.92. The summed E-state index contributed by atoms with van der Waals surface area (Å²) in [6.45, 7) is 1.13. The van der Waals surface area contributed by atoms with E-state index in [2.05, 4.69) is 10.3 Å². The van der Waals surface area contributed by atoms with Gasteiger partial charge in [-0.15, -0.1) is 0 Å². The number of alkyl halides is 3. The zero-order chi connectivity index (χ0) is 12.9. The normalized spacial score (nSPS) is 11.8. The van der Waals surface area contributed by atoms with Crippen molar-refractivity contribution >= 4 is 5.78 Å². The van der Waals surface area contributed by atoms with Gasteiger partial charge in [-0.1, -0.05) is 0 Å². The maximum absolute atomic E-state index is 11.8. The van der Waals surface area contributed by atoms with Crippen LogP contribution in [0.25, 0.3) is 0 Å². The van der Waals surface area contributed by atoms with E-state index in [9.17, 15) is 18.0 Å². The lowest BCUT2D eigenvalue weighted by atomic mass is 10.2. The van der Waals surface area contributed by atoms with E-state index in [0.717, 1.165) is 0 Å². The zero-order valence-corrected chi connectivity index (χ0v) is 9.42. The topological polar surface area (TPSA) is 46.9 Å². The molecule has 0 saturated heterocycles. The summed E-state index contributed by atoms with van der Waals surface area (Å²) in [7, 11) is 0. The molecule has 0 aliphatic rings. The van der Waals surface area contributed by atoms with Gasteiger partial charge in [0.15, 0.2) is 5.78 Å². The van der Waals surface area contributed by atoms with Crippen molar-refractivity contribution in [3.63, 3.8) is 0 Å². The molecule has 4 nitrogen and oxygen atoms in total. The predicted octanol–water partition coefficient (Wildman–Crippen LogP) is 1.17. The smallest absolute Gasteiger partial charge is 0.335 e. The number of rotatable bonds is 6. The molecule has 0 bridgehead atoms. The highest BCUT2D eigenvalue weighted by molar-refractivity contribution is 5.82. The van der Waals surface area contributed by atoms with Gasteiger partial charge >= 0.3 is 6.18 Å². The van der Waals surface area contributed by atoms with Crippen LogP contribution in [-0.4, -0.2) is 34.6 Å². The summed E-state index contributed by atoms with van der Waals surface area (Å²) in [5.74, 6) is 0.265. The number of hydrogen-bond donors (Lipinski definition) is 1. The van der Waals surface area contributed by atoms with Crippen molar-refractivity contribution in [2.75, 3.05) is 13.1 Å². The third-order valence-electron chi connectivity index (χ3n) is 2.15. The van der Waals surface area contributed by atoms with Gasteiger partial charge in [0, 0.05) is 18.9 Å². The second-order valence-electron chi connectivity index (χ2n) is 3.56. The van der Waals surface area contributed by atoms with Gasteiger partial charge in [0.25, 0.3) is 0 Å². The van der Waals surface area contributed by atoms with E-state index in [0.29, 0.717) is 12.4 Å². The number of carbonyl (C=O) groups excluding carboxylic acids is 1. The molecule has 0 aliphatic heterocycles. The highest BCUT2D eigenvalue weighted by Gasteiger charge is 2.26. The summed E-state index contributed by atoms with van der Waals surface area (Å²) >= 11 is 0. The molecule has 0 spiro atoms. The Balaban J connectivity index is 2.35. The minimum Gasteiger partial charge on any atom is -0.335 e. The first kappa shape index (κ1) is 13.7. The highest BCUT2D eigenvalue weighted by atomic mass is 19.4. The summed E-state index contributed by atoms with van der Waals surface area (Å²) in [5, 5.41) is 2.06. The molecule has 17 heavy (non-hydrogen) atoms. The van der Waals surface area contributed by atoms with Crippen molar-refractivity contribution < 1.29 is 18.0 Å². The Morgan fingerprint density at radius 1 is 1.53 bits per heavy atom. The van der Waals surface area contributed by atoms with Gasteiger partial charge in [0.2, 0.25) is 0 Å². The van der Waals surface area contributed by atoms with E-state index >= 15 is 0 Å². The average Bonchev–Trinajstić information content (AvgIpc) is 2.63. The first-order valence-corrected chi connectivity index (χ1v) is 5.21. The molecule has 0 amide bonds. The van der Waals surface area contributed by atoms with Gasteiger partial charge in [-0.3, -0.25) is 4.79 Å². The van der Waals surface area contributed by atoms with Crippen LogP contribution >= 0.6 is 0 Å². The SMILES string of the molecule is CCn1ccnc1CC(=O)CNCC(F)(F)F. The maximum Gasteiger partial charge on any atom is 0.401 e. The molecule has 0 unspecified atom stereocenters. The summed E-state index contributed by atoms with van der Waals surface area (Å²) in [4.78, 5) is 15.4. The molecule has 0 aromatic carbocycles. The minimum absolute atomic E-state index is 0.0473. The summed E-state index contributed by atoms with van der Waals surface area (Å²) < 4.78 is 37.2. The number of nitrogens with one attached hydrogen (secondary N) is 1. The lowest BCUT2D eigenvalue weighted by molar-refractivity contribution is -0.127. The van der Waals surface area contributed by atoms with Crippen molar-refractivity contribution in [2.24, 2.45) is 0 Å². The summed E-state index contributed by atoms with van der Waals surface area (Å²) in [5.41, 5.74) is 0. The molecule has 0 saturated carbocycles. The van der Waals surface area contributed by atoms with Crippen LogP contribution in [0.4, 0.5) is 13.2 Å². The Morgan fingerprint density at radius 3 is 2.82 bits per heavy atom. The number of Topliss-reactive ketones (excluding diaryl/α,β-unsaturated/α-hetero) is 1. The van der Waals surface area contributed by atoms with Crippen LogP contribution in [0.1, 0.15) is 12.7 Å². The molecule has 7 heteroatoms. The fourth-order valence-electron chi connectivity index (χ4n) is 1.38. The minimum atomic E-state index is -4.29. The third-order valence-corrected chi connectivity index (χ3v) is 2.15. The Bertz CT molecular complexity index is 373. The van der Waals surface area contributed by atoms with Crippen LogP contribution in [0.15, 0.2) is 12.4 Å². The Kier molecular flexibility index (Phi) is 4.68. The first-order valence-electron chi connectivity index (χ1n) is 5.21. The van der Waals surface area contributed by atoms with E-state index in [-0.39, 0.29) is 18.7 Å². The van der Waals surface area contributed by atoms with Crippen molar-refractivity contribution in [3.05, 3.63) is 18.2 Å². The van der Waals surface area contributed by atoms with Crippen molar-refractivity contribution in [3.8, 4) is 0 Å². The molecule has 0 atom stereocenters. The van der Waals surface area contributed by atoms with Gasteiger partial charge in [0.1, 0.15) is 5.82 Å². The number of nitrogens with zero attached hydrogens (tertiary/aromatic N) is 2. The summed E-state index contributed by atoms with van der Waals surface area (Å²) in [6, 6.07) is 0. The zero-order valence-electron chi connectivity index (χ0n) is 9.42. The van der Waals surface area contributed by atoms with Gasteiger partial charge in [-0.25, -0.2) is 4.98 Å². The lowest BCUT2D eigenvalue weighted by Gasteiger charge is -2.08. The molecular formula is C10H14F3N3O. The lowest BCUT2D eigenvalue weighted by Crippen LogP contribution is -2.33. The quantitative estimate of drug-likeness (QED) is 0.823. The van der Waals surface area contributed by atoms with E-state index in [4.69, 9.17) is 0 Å². The van der Waals surface area contributed by atoms with Crippen LogP contribution in [-0.2, 0) is 17.8 Å². The van der Waals surface area contributed by atoms with E-state index in [1.165, 1.54) is 0 Å². The molecule has 0 radical (unpaired) electrons. The third kappa shape index (κ3) is 4.99.